The quantitative estimate of drug-likeness (QED) is 0.695. The molecule has 0 saturated carbocycles. The van der Waals surface area contributed by atoms with Crippen molar-refractivity contribution < 1.29 is 0 Å². The summed E-state index contributed by atoms with van der Waals surface area (Å²) in [6.07, 6.45) is 2.66. The molecule has 1 aliphatic heterocycles. The number of nitrogens with zero attached hydrogens (tertiary/aromatic N) is 2. The fourth-order valence-corrected chi connectivity index (χ4v) is 17.5. The van der Waals surface area contributed by atoms with Crippen molar-refractivity contribution in [3.8, 4) is 0 Å². The summed E-state index contributed by atoms with van der Waals surface area (Å²) in [6, 6.07) is 0. The van der Waals surface area contributed by atoms with Crippen molar-refractivity contribution in [2.75, 3.05) is 26.2 Å². The molecule has 0 aromatic heterocycles. The minimum absolute atomic E-state index is 1.33. The molecular formula is C12H28N2Sn. The van der Waals surface area contributed by atoms with Crippen LogP contribution in [0.15, 0.2) is 0 Å². The first kappa shape index (κ1) is 13.8. The fourth-order valence-electron chi connectivity index (χ4n) is 3.18. The SMILES string of the molecule is CCC[N]1CC[N](CCC)[Sn]1([CH2]C)[CH2]C. The molecule has 0 aliphatic carbocycles. The summed E-state index contributed by atoms with van der Waals surface area (Å²) >= 11 is -2.03. The third-order valence-electron chi connectivity index (χ3n) is 3.94. The van der Waals surface area contributed by atoms with Gasteiger partial charge in [0, 0.05) is 0 Å². The van der Waals surface area contributed by atoms with Crippen molar-refractivity contribution in [1.82, 2.24) is 6.24 Å². The van der Waals surface area contributed by atoms with Crippen LogP contribution in [0.3, 0.4) is 0 Å². The molecule has 2 nitrogen and oxygen atoms in total. The van der Waals surface area contributed by atoms with E-state index in [-0.39, 0.29) is 0 Å². The van der Waals surface area contributed by atoms with E-state index < -0.39 is 18.9 Å². The molecule has 90 valence electrons. The standard InChI is InChI=1S/C8H18N2.2C2H5.Sn/c1-3-5-9-7-8-10-6-4-2;2*1-2;/h3-8H2,1-2H3;2*1H2,2H3;/q-2;;;+2. The van der Waals surface area contributed by atoms with Crippen LogP contribution in [0.25, 0.3) is 0 Å². The Hall–Kier alpha value is 0.719. The van der Waals surface area contributed by atoms with Crippen LogP contribution in [0.2, 0.25) is 8.87 Å². The second kappa shape index (κ2) is 6.45. The van der Waals surface area contributed by atoms with Crippen molar-refractivity contribution in [1.29, 1.82) is 0 Å². The van der Waals surface area contributed by atoms with Gasteiger partial charge in [-0.3, -0.25) is 0 Å². The Morgan fingerprint density at radius 2 is 1.20 bits per heavy atom. The third-order valence-corrected chi connectivity index (χ3v) is 19.7. The predicted octanol–water partition coefficient (Wildman–Crippen LogP) is 2.91. The second-order valence-electron chi connectivity index (χ2n) is 4.66. The zero-order valence-electron chi connectivity index (χ0n) is 11.1. The Kier molecular flexibility index (Phi) is 5.93. The van der Waals surface area contributed by atoms with E-state index in [1.807, 2.05) is 0 Å². The fraction of sp³-hybridized carbons (Fsp3) is 1.00. The van der Waals surface area contributed by atoms with E-state index in [0.29, 0.717) is 0 Å². The van der Waals surface area contributed by atoms with Crippen molar-refractivity contribution >= 4 is 18.9 Å². The van der Waals surface area contributed by atoms with Gasteiger partial charge in [-0.05, 0) is 0 Å². The van der Waals surface area contributed by atoms with Gasteiger partial charge in [-0.15, -0.1) is 0 Å². The van der Waals surface area contributed by atoms with Crippen LogP contribution in [0, 0.1) is 0 Å². The number of rotatable bonds is 6. The molecule has 0 unspecified atom stereocenters. The van der Waals surface area contributed by atoms with Gasteiger partial charge >= 0.3 is 101 Å². The van der Waals surface area contributed by atoms with Crippen LogP contribution < -0.4 is 0 Å². The first-order valence-electron chi connectivity index (χ1n) is 6.75. The molecule has 3 heteroatoms. The molecule has 0 aromatic carbocycles. The Labute approximate surface area is 101 Å². The Bertz CT molecular complexity index is 164. The molecule has 1 rings (SSSR count). The summed E-state index contributed by atoms with van der Waals surface area (Å²) in [5.74, 6) is 0. The monoisotopic (exact) mass is 320 g/mol. The van der Waals surface area contributed by atoms with E-state index in [4.69, 9.17) is 0 Å². The van der Waals surface area contributed by atoms with E-state index in [1.54, 1.807) is 0 Å². The zero-order valence-corrected chi connectivity index (χ0v) is 13.9. The van der Waals surface area contributed by atoms with Gasteiger partial charge in [-0.2, -0.15) is 0 Å². The van der Waals surface area contributed by atoms with Crippen LogP contribution >= 0.6 is 0 Å². The zero-order chi connectivity index (χ0) is 11.3. The molecule has 1 saturated heterocycles. The molecule has 1 heterocycles. The van der Waals surface area contributed by atoms with Gasteiger partial charge in [0.05, 0.1) is 0 Å². The van der Waals surface area contributed by atoms with Crippen molar-refractivity contribution in [3.05, 3.63) is 0 Å². The maximum atomic E-state index is 2.92. The summed E-state index contributed by atoms with van der Waals surface area (Å²) in [5, 5.41) is 0. The molecule has 0 bridgehead atoms. The molecule has 0 radical (unpaired) electrons. The van der Waals surface area contributed by atoms with E-state index in [1.165, 1.54) is 47.9 Å². The maximum absolute atomic E-state index is 2.92. The first-order chi connectivity index (χ1) is 7.25. The molecule has 0 spiro atoms. The molecule has 0 amide bonds. The van der Waals surface area contributed by atoms with Crippen LogP contribution in [-0.4, -0.2) is 51.3 Å². The van der Waals surface area contributed by atoms with E-state index in [2.05, 4.69) is 33.9 Å². The van der Waals surface area contributed by atoms with Gasteiger partial charge in [-0.1, -0.05) is 0 Å². The number of hydrogen-bond donors (Lipinski definition) is 0. The minimum atomic E-state index is -2.03. The van der Waals surface area contributed by atoms with E-state index in [0.717, 1.165) is 0 Å². The van der Waals surface area contributed by atoms with Crippen LogP contribution in [0.1, 0.15) is 40.5 Å². The molecular weight excluding hydrogens is 291 g/mol. The van der Waals surface area contributed by atoms with Gasteiger partial charge in [0.25, 0.3) is 0 Å². The number of hydrogen-bond acceptors (Lipinski definition) is 2. The topological polar surface area (TPSA) is 6.48 Å². The van der Waals surface area contributed by atoms with Gasteiger partial charge in [0.2, 0.25) is 0 Å². The van der Waals surface area contributed by atoms with Crippen molar-refractivity contribution in [2.24, 2.45) is 0 Å². The van der Waals surface area contributed by atoms with E-state index in [9.17, 15) is 0 Å². The summed E-state index contributed by atoms with van der Waals surface area (Å²) in [6.45, 7) is 15.0. The van der Waals surface area contributed by atoms with Gasteiger partial charge < -0.3 is 0 Å². The summed E-state index contributed by atoms with van der Waals surface area (Å²) < 4.78 is 8.80. The second-order valence-corrected chi connectivity index (χ2v) is 17.9. The third kappa shape index (κ3) is 2.70. The predicted molar refractivity (Wildman–Crippen MR) is 70.4 cm³/mol. The summed E-state index contributed by atoms with van der Waals surface area (Å²) in [4.78, 5) is 0. The Balaban J connectivity index is 2.75. The average Bonchev–Trinajstić information content (AvgIpc) is 2.59. The average molecular weight is 319 g/mol. The summed E-state index contributed by atoms with van der Waals surface area (Å²) in [7, 11) is 0. The van der Waals surface area contributed by atoms with E-state index >= 15 is 0 Å². The van der Waals surface area contributed by atoms with Crippen LogP contribution in [0.5, 0.6) is 0 Å². The van der Waals surface area contributed by atoms with Crippen molar-refractivity contribution in [2.45, 2.75) is 49.4 Å². The summed E-state index contributed by atoms with van der Waals surface area (Å²) in [5.41, 5.74) is 0. The molecule has 0 aromatic rings. The molecule has 0 atom stereocenters. The van der Waals surface area contributed by atoms with Crippen LogP contribution in [0.4, 0.5) is 0 Å². The molecule has 1 aliphatic rings. The van der Waals surface area contributed by atoms with Gasteiger partial charge in [0.15, 0.2) is 0 Å². The Morgan fingerprint density at radius 3 is 1.47 bits per heavy atom. The molecule has 1 fully saturated rings. The normalized spacial score (nSPS) is 22.4. The van der Waals surface area contributed by atoms with Gasteiger partial charge in [-0.25, -0.2) is 0 Å². The van der Waals surface area contributed by atoms with Crippen LogP contribution in [-0.2, 0) is 0 Å². The van der Waals surface area contributed by atoms with Crippen molar-refractivity contribution in [3.63, 3.8) is 0 Å². The Morgan fingerprint density at radius 1 is 0.800 bits per heavy atom. The molecule has 0 N–H and O–H groups in total. The molecule has 15 heavy (non-hydrogen) atoms. The van der Waals surface area contributed by atoms with Gasteiger partial charge in [0.1, 0.15) is 0 Å². The first-order valence-corrected chi connectivity index (χ1v) is 13.3.